The van der Waals surface area contributed by atoms with Crippen LogP contribution in [-0.4, -0.2) is 18.0 Å². The number of nitrogens with zero attached hydrogens (tertiary/aromatic N) is 2. The van der Waals surface area contributed by atoms with Gasteiger partial charge in [-0.1, -0.05) is 6.07 Å². The smallest absolute Gasteiger partial charge is 0.196 e. The fraction of sp³-hybridized carbons (Fsp3) is 0.462. The van der Waals surface area contributed by atoms with Crippen molar-refractivity contribution < 1.29 is 4.39 Å². The first-order valence-electron chi connectivity index (χ1n) is 5.78. The molecule has 1 aliphatic rings. The summed E-state index contributed by atoms with van der Waals surface area (Å²) in [7, 11) is 0. The quantitative estimate of drug-likeness (QED) is 0.554. The molecule has 0 saturated heterocycles. The molecule has 2 N–H and O–H groups in total. The monoisotopic (exact) mass is 235 g/mol. The van der Waals surface area contributed by atoms with Crippen LogP contribution in [0.25, 0.3) is 0 Å². The van der Waals surface area contributed by atoms with Crippen LogP contribution in [0.2, 0.25) is 0 Å². The first kappa shape index (κ1) is 11.9. The first-order valence-corrected chi connectivity index (χ1v) is 5.78. The van der Waals surface area contributed by atoms with Crippen molar-refractivity contribution in [1.82, 2.24) is 0 Å². The van der Waals surface area contributed by atoms with Gasteiger partial charge in [-0.05, 0) is 44.9 Å². The molecular weight excluding hydrogens is 217 g/mol. The number of benzene rings is 1. The minimum absolute atomic E-state index is 0.222. The van der Waals surface area contributed by atoms with Crippen molar-refractivity contribution in [3.63, 3.8) is 0 Å². The number of aliphatic imine (C=N–C) groups is 1. The molecule has 1 aromatic rings. The van der Waals surface area contributed by atoms with E-state index in [2.05, 4.69) is 4.99 Å². The molecule has 0 atom stereocenters. The number of anilines is 1. The fourth-order valence-corrected chi connectivity index (χ4v) is 1.99. The predicted octanol–water partition coefficient (Wildman–Crippen LogP) is 2.30. The van der Waals surface area contributed by atoms with Crippen molar-refractivity contribution in [2.45, 2.75) is 32.7 Å². The molecule has 0 fully saturated rings. The molecule has 1 aliphatic heterocycles. The second-order valence-corrected chi connectivity index (χ2v) is 5.32. The van der Waals surface area contributed by atoms with E-state index in [4.69, 9.17) is 5.73 Å². The van der Waals surface area contributed by atoms with E-state index in [1.165, 1.54) is 12.1 Å². The largest absolute Gasteiger partial charge is 0.369 e. The molecule has 2 rings (SSSR count). The summed E-state index contributed by atoms with van der Waals surface area (Å²) >= 11 is 0. The van der Waals surface area contributed by atoms with Gasteiger partial charge in [0.05, 0.1) is 5.54 Å². The Kier molecular flexibility index (Phi) is 2.81. The van der Waals surface area contributed by atoms with Crippen LogP contribution in [0, 0.1) is 5.82 Å². The van der Waals surface area contributed by atoms with Gasteiger partial charge in [0.15, 0.2) is 5.96 Å². The van der Waals surface area contributed by atoms with E-state index in [9.17, 15) is 4.39 Å². The van der Waals surface area contributed by atoms with E-state index >= 15 is 0 Å². The predicted molar refractivity (Wildman–Crippen MR) is 68.8 cm³/mol. The van der Waals surface area contributed by atoms with Crippen molar-refractivity contribution in [3.05, 3.63) is 29.6 Å². The third kappa shape index (κ3) is 2.57. The topological polar surface area (TPSA) is 41.6 Å². The van der Waals surface area contributed by atoms with E-state index in [-0.39, 0.29) is 11.4 Å². The molecule has 0 spiro atoms. The minimum atomic E-state index is -0.237. The summed E-state index contributed by atoms with van der Waals surface area (Å²) < 4.78 is 13.2. The van der Waals surface area contributed by atoms with Crippen LogP contribution in [-0.2, 0) is 6.42 Å². The summed E-state index contributed by atoms with van der Waals surface area (Å²) in [5.74, 6) is 0.223. The van der Waals surface area contributed by atoms with Crippen LogP contribution < -0.4 is 10.6 Å². The van der Waals surface area contributed by atoms with Crippen LogP contribution in [0.3, 0.4) is 0 Å². The van der Waals surface area contributed by atoms with Gasteiger partial charge in [-0.25, -0.2) is 9.38 Å². The molecule has 92 valence electrons. The van der Waals surface area contributed by atoms with Gasteiger partial charge >= 0.3 is 0 Å². The highest BCUT2D eigenvalue weighted by Crippen LogP contribution is 2.28. The lowest BCUT2D eigenvalue weighted by Crippen LogP contribution is -2.38. The number of halogens is 1. The van der Waals surface area contributed by atoms with Crippen LogP contribution in [0.1, 0.15) is 26.3 Å². The Bertz CT molecular complexity index is 460. The second-order valence-electron chi connectivity index (χ2n) is 5.32. The van der Waals surface area contributed by atoms with Crippen molar-refractivity contribution in [2.24, 2.45) is 10.7 Å². The Morgan fingerprint density at radius 1 is 1.41 bits per heavy atom. The maximum Gasteiger partial charge on any atom is 0.196 e. The molecule has 1 aromatic carbocycles. The van der Waals surface area contributed by atoms with Gasteiger partial charge in [0.25, 0.3) is 0 Å². The normalized spacial score (nSPS) is 16.2. The maximum atomic E-state index is 13.2. The number of guanidine groups is 1. The summed E-state index contributed by atoms with van der Waals surface area (Å²) in [4.78, 5) is 6.30. The van der Waals surface area contributed by atoms with Crippen molar-refractivity contribution in [1.29, 1.82) is 0 Å². The summed E-state index contributed by atoms with van der Waals surface area (Å²) in [5, 5.41) is 0. The van der Waals surface area contributed by atoms with Crippen molar-refractivity contribution in [2.75, 3.05) is 11.4 Å². The Morgan fingerprint density at radius 2 is 2.12 bits per heavy atom. The Morgan fingerprint density at radius 3 is 2.76 bits per heavy atom. The summed E-state index contributed by atoms with van der Waals surface area (Å²) in [6.07, 6.45) is 0.885. The van der Waals surface area contributed by atoms with E-state index in [0.717, 1.165) is 24.2 Å². The zero-order chi connectivity index (χ0) is 12.6. The van der Waals surface area contributed by atoms with Crippen LogP contribution in [0.15, 0.2) is 23.2 Å². The first-order chi connectivity index (χ1) is 7.87. The lowest BCUT2D eigenvalue weighted by molar-refractivity contribution is 0.581. The van der Waals surface area contributed by atoms with Gasteiger partial charge in [-0.3, -0.25) is 0 Å². The van der Waals surface area contributed by atoms with Gasteiger partial charge < -0.3 is 10.6 Å². The molecule has 0 radical (unpaired) electrons. The minimum Gasteiger partial charge on any atom is -0.369 e. The maximum absolute atomic E-state index is 13.2. The third-order valence-corrected chi connectivity index (χ3v) is 2.67. The standard InChI is InChI=1S/C13H18FN3/c1-13(2,3)16-12(15)17-7-6-9-4-5-10(14)8-11(9)17/h4-5,8H,6-7H2,1-3H3,(H2,15,16). The fourth-order valence-electron chi connectivity index (χ4n) is 1.99. The SMILES string of the molecule is CC(C)(C)N=C(N)N1CCc2ccc(F)cc21. The summed E-state index contributed by atoms with van der Waals surface area (Å²) in [6, 6.07) is 4.82. The zero-order valence-electron chi connectivity index (χ0n) is 10.5. The average Bonchev–Trinajstić information content (AvgIpc) is 2.57. The number of nitrogens with two attached hydrogens (primary N) is 1. The molecule has 0 unspecified atom stereocenters. The van der Waals surface area contributed by atoms with Gasteiger partial charge in [-0.15, -0.1) is 0 Å². The van der Waals surface area contributed by atoms with Crippen LogP contribution in [0.5, 0.6) is 0 Å². The molecule has 0 aliphatic carbocycles. The van der Waals surface area contributed by atoms with E-state index in [1.807, 2.05) is 31.7 Å². The number of rotatable bonds is 0. The third-order valence-electron chi connectivity index (χ3n) is 2.67. The molecule has 3 nitrogen and oxygen atoms in total. The highest BCUT2D eigenvalue weighted by atomic mass is 19.1. The Labute approximate surface area is 101 Å². The zero-order valence-corrected chi connectivity index (χ0v) is 10.5. The molecule has 0 saturated carbocycles. The Balaban J connectivity index is 2.34. The van der Waals surface area contributed by atoms with Gasteiger partial charge in [0.1, 0.15) is 5.82 Å². The highest BCUT2D eigenvalue weighted by molar-refractivity contribution is 5.97. The van der Waals surface area contributed by atoms with E-state index < -0.39 is 0 Å². The second kappa shape index (κ2) is 4.02. The lowest BCUT2D eigenvalue weighted by Gasteiger charge is -2.22. The van der Waals surface area contributed by atoms with E-state index in [1.54, 1.807) is 0 Å². The lowest BCUT2D eigenvalue weighted by atomic mass is 10.1. The van der Waals surface area contributed by atoms with E-state index in [0.29, 0.717) is 5.96 Å². The molecule has 1 heterocycles. The number of hydrogen-bond acceptors (Lipinski definition) is 1. The van der Waals surface area contributed by atoms with Gasteiger partial charge in [0.2, 0.25) is 0 Å². The molecule has 4 heteroatoms. The molecule has 17 heavy (non-hydrogen) atoms. The molecule has 0 amide bonds. The molecule has 0 bridgehead atoms. The number of hydrogen-bond donors (Lipinski definition) is 1. The van der Waals surface area contributed by atoms with Gasteiger partial charge in [-0.2, -0.15) is 0 Å². The van der Waals surface area contributed by atoms with Gasteiger partial charge in [0, 0.05) is 12.2 Å². The summed E-state index contributed by atoms with van der Waals surface area (Å²) in [5.41, 5.74) is 7.73. The Hall–Kier alpha value is -1.58. The molecule has 0 aromatic heterocycles. The molecular formula is C13H18FN3. The summed E-state index contributed by atoms with van der Waals surface area (Å²) in [6.45, 7) is 6.73. The van der Waals surface area contributed by atoms with Crippen molar-refractivity contribution in [3.8, 4) is 0 Å². The van der Waals surface area contributed by atoms with Crippen LogP contribution in [0.4, 0.5) is 10.1 Å². The number of fused-ring (bicyclic) bond motifs is 1. The highest BCUT2D eigenvalue weighted by Gasteiger charge is 2.23. The van der Waals surface area contributed by atoms with Crippen LogP contribution >= 0.6 is 0 Å². The van der Waals surface area contributed by atoms with Crippen molar-refractivity contribution >= 4 is 11.6 Å². The average molecular weight is 235 g/mol.